The summed E-state index contributed by atoms with van der Waals surface area (Å²) in [6, 6.07) is 3.58. The summed E-state index contributed by atoms with van der Waals surface area (Å²) in [4.78, 5) is 15.7. The van der Waals surface area contributed by atoms with Crippen molar-refractivity contribution in [1.82, 2.24) is 14.7 Å². The Morgan fingerprint density at radius 3 is 3.20 bits per heavy atom. The summed E-state index contributed by atoms with van der Waals surface area (Å²) < 4.78 is 2.97. The number of aromatic nitrogens is 2. The summed E-state index contributed by atoms with van der Waals surface area (Å²) in [5.74, 6) is -0.0574. The zero-order valence-corrected chi connectivity index (χ0v) is 10.4. The standard InChI is InChI=1S/C10H10IN3O/c1-2-12-10(15)7-3-4-14-8(11)6-13-9(14)5-7/h3-6H,2H2,1H3,(H,12,15). The molecular weight excluding hydrogens is 305 g/mol. The van der Waals surface area contributed by atoms with Gasteiger partial charge in [-0.3, -0.25) is 9.20 Å². The third kappa shape index (κ3) is 1.97. The fraction of sp³-hybridized carbons (Fsp3) is 0.200. The van der Waals surface area contributed by atoms with Crippen LogP contribution in [0.25, 0.3) is 5.65 Å². The van der Waals surface area contributed by atoms with Crippen LogP contribution in [0, 0.1) is 3.70 Å². The topological polar surface area (TPSA) is 46.4 Å². The highest BCUT2D eigenvalue weighted by Crippen LogP contribution is 2.11. The summed E-state index contributed by atoms with van der Waals surface area (Å²) in [7, 11) is 0. The first-order valence-corrected chi connectivity index (χ1v) is 5.71. The fourth-order valence-electron chi connectivity index (χ4n) is 1.35. The van der Waals surface area contributed by atoms with Gasteiger partial charge in [-0.2, -0.15) is 0 Å². The highest BCUT2D eigenvalue weighted by molar-refractivity contribution is 14.1. The maximum atomic E-state index is 11.5. The van der Waals surface area contributed by atoms with Crippen molar-refractivity contribution < 1.29 is 4.79 Å². The number of rotatable bonds is 2. The highest BCUT2D eigenvalue weighted by Gasteiger charge is 2.06. The van der Waals surface area contributed by atoms with Gasteiger partial charge in [0.05, 0.1) is 6.20 Å². The third-order valence-corrected chi connectivity index (χ3v) is 2.87. The smallest absolute Gasteiger partial charge is 0.251 e. The molecule has 5 heteroatoms. The number of halogens is 1. The quantitative estimate of drug-likeness (QED) is 0.857. The number of hydrogen-bond donors (Lipinski definition) is 1. The molecule has 0 fully saturated rings. The molecule has 2 aromatic rings. The molecule has 0 radical (unpaired) electrons. The van der Waals surface area contributed by atoms with E-state index in [-0.39, 0.29) is 5.91 Å². The lowest BCUT2D eigenvalue weighted by Gasteiger charge is -2.02. The van der Waals surface area contributed by atoms with Crippen molar-refractivity contribution in [3.8, 4) is 0 Å². The number of carbonyl (C=O) groups is 1. The number of nitrogens with zero attached hydrogens (tertiary/aromatic N) is 2. The van der Waals surface area contributed by atoms with Crippen LogP contribution in [-0.2, 0) is 0 Å². The van der Waals surface area contributed by atoms with E-state index in [9.17, 15) is 4.79 Å². The molecule has 0 saturated carbocycles. The summed E-state index contributed by atoms with van der Waals surface area (Å²) in [5.41, 5.74) is 1.44. The molecule has 15 heavy (non-hydrogen) atoms. The van der Waals surface area contributed by atoms with Gasteiger partial charge >= 0.3 is 0 Å². The molecule has 1 amide bonds. The lowest BCUT2D eigenvalue weighted by molar-refractivity contribution is 0.0956. The predicted octanol–water partition coefficient (Wildman–Crippen LogP) is 1.69. The van der Waals surface area contributed by atoms with Gasteiger partial charge in [0.1, 0.15) is 9.35 Å². The molecule has 0 bridgehead atoms. The molecule has 0 unspecified atom stereocenters. The minimum Gasteiger partial charge on any atom is -0.352 e. The molecule has 2 aromatic heterocycles. The molecule has 0 saturated heterocycles. The second-order valence-corrected chi connectivity index (χ2v) is 4.19. The predicted molar refractivity (Wildman–Crippen MR) is 65.9 cm³/mol. The van der Waals surface area contributed by atoms with Crippen molar-refractivity contribution in [3.05, 3.63) is 33.8 Å². The van der Waals surface area contributed by atoms with Crippen molar-refractivity contribution >= 4 is 34.1 Å². The van der Waals surface area contributed by atoms with Gasteiger partial charge in [0, 0.05) is 18.3 Å². The number of pyridine rings is 1. The maximum absolute atomic E-state index is 11.5. The molecule has 78 valence electrons. The van der Waals surface area contributed by atoms with Crippen LogP contribution in [0.3, 0.4) is 0 Å². The van der Waals surface area contributed by atoms with Gasteiger partial charge in [-0.25, -0.2) is 4.98 Å². The van der Waals surface area contributed by atoms with E-state index >= 15 is 0 Å². The largest absolute Gasteiger partial charge is 0.352 e. The minimum absolute atomic E-state index is 0.0574. The zero-order chi connectivity index (χ0) is 10.8. The van der Waals surface area contributed by atoms with E-state index in [0.717, 1.165) is 9.35 Å². The molecule has 0 aliphatic rings. The fourth-order valence-corrected chi connectivity index (χ4v) is 1.90. The Kier molecular flexibility index (Phi) is 2.90. The number of hydrogen-bond acceptors (Lipinski definition) is 2. The first-order valence-electron chi connectivity index (χ1n) is 4.63. The van der Waals surface area contributed by atoms with Crippen LogP contribution in [0.5, 0.6) is 0 Å². The zero-order valence-electron chi connectivity index (χ0n) is 8.20. The van der Waals surface area contributed by atoms with Crippen LogP contribution in [0.2, 0.25) is 0 Å². The molecule has 4 nitrogen and oxygen atoms in total. The Morgan fingerprint density at radius 2 is 2.47 bits per heavy atom. The van der Waals surface area contributed by atoms with Gasteiger partial charge in [0.2, 0.25) is 0 Å². The van der Waals surface area contributed by atoms with E-state index < -0.39 is 0 Å². The first kappa shape index (κ1) is 10.4. The van der Waals surface area contributed by atoms with Crippen molar-refractivity contribution in [2.24, 2.45) is 0 Å². The van der Waals surface area contributed by atoms with Gasteiger partial charge in [0.25, 0.3) is 5.91 Å². The summed E-state index contributed by atoms with van der Waals surface area (Å²) in [5, 5.41) is 2.76. The number of carbonyl (C=O) groups excluding carboxylic acids is 1. The summed E-state index contributed by atoms with van der Waals surface area (Å²) >= 11 is 2.20. The van der Waals surface area contributed by atoms with E-state index in [1.54, 1.807) is 18.3 Å². The lowest BCUT2D eigenvalue weighted by Crippen LogP contribution is -2.22. The molecule has 0 spiro atoms. The van der Waals surface area contributed by atoms with E-state index in [1.165, 1.54) is 0 Å². The van der Waals surface area contributed by atoms with Crippen LogP contribution < -0.4 is 5.32 Å². The van der Waals surface area contributed by atoms with E-state index in [2.05, 4.69) is 32.9 Å². The number of fused-ring (bicyclic) bond motifs is 1. The number of imidazole rings is 1. The first-order chi connectivity index (χ1) is 7.22. The van der Waals surface area contributed by atoms with Crippen LogP contribution in [0.15, 0.2) is 24.5 Å². The van der Waals surface area contributed by atoms with Gasteiger partial charge in [-0.1, -0.05) is 0 Å². The van der Waals surface area contributed by atoms with Gasteiger partial charge < -0.3 is 5.32 Å². The van der Waals surface area contributed by atoms with E-state index in [4.69, 9.17) is 0 Å². The van der Waals surface area contributed by atoms with Crippen molar-refractivity contribution in [2.45, 2.75) is 6.92 Å². The maximum Gasteiger partial charge on any atom is 0.251 e. The third-order valence-electron chi connectivity index (χ3n) is 2.07. The average molecular weight is 315 g/mol. The molecule has 0 aliphatic carbocycles. The second kappa shape index (κ2) is 4.18. The van der Waals surface area contributed by atoms with Crippen molar-refractivity contribution in [3.63, 3.8) is 0 Å². The van der Waals surface area contributed by atoms with Gasteiger partial charge in [-0.15, -0.1) is 0 Å². The normalized spacial score (nSPS) is 10.5. The Morgan fingerprint density at radius 1 is 1.67 bits per heavy atom. The minimum atomic E-state index is -0.0574. The monoisotopic (exact) mass is 315 g/mol. The summed E-state index contributed by atoms with van der Waals surface area (Å²) in [6.45, 7) is 2.53. The Balaban J connectivity index is 2.43. The molecule has 2 rings (SSSR count). The van der Waals surface area contributed by atoms with Crippen molar-refractivity contribution in [1.29, 1.82) is 0 Å². The van der Waals surface area contributed by atoms with Crippen LogP contribution in [-0.4, -0.2) is 21.8 Å². The number of nitrogens with one attached hydrogen (secondary N) is 1. The molecule has 1 N–H and O–H groups in total. The highest BCUT2D eigenvalue weighted by atomic mass is 127. The Labute approximate surface area is 101 Å². The lowest BCUT2D eigenvalue weighted by atomic mass is 10.2. The van der Waals surface area contributed by atoms with E-state index in [1.807, 2.05) is 17.5 Å². The molecule has 2 heterocycles. The second-order valence-electron chi connectivity index (χ2n) is 3.08. The van der Waals surface area contributed by atoms with Gasteiger partial charge in [-0.05, 0) is 41.6 Å². The Bertz CT molecular complexity index is 506. The van der Waals surface area contributed by atoms with Crippen molar-refractivity contribution in [2.75, 3.05) is 6.54 Å². The van der Waals surface area contributed by atoms with Crippen LogP contribution >= 0.6 is 22.6 Å². The molecule has 0 aromatic carbocycles. The average Bonchev–Trinajstić information content (AvgIpc) is 2.60. The number of amides is 1. The van der Waals surface area contributed by atoms with Crippen LogP contribution in [0.4, 0.5) is 0 Å². The SMILES string of the molecule is CCNC(=O)c1ccn2c(I)cnc2c1. The molecule has 0 aliphatic heterocycles. The molecule has 0 atom stereocenters. The van der Waals surface area contributed by atoms with E-state index in [0.29, 0.717) is 12.1 Å². The molecular formula is C10H10IN3O. The van der Waals surface area contributed by atoms with Crippen LogP contribution in [0.1, 0.15) is 17.3 Å². The summed E-state index contributed by atoms with van der Waals surface area (Å²) in [6.07, 6.45) is 3.63. The Hall–Kier alpha value is -1.11. The van der Waals surface area contributed by atoms with Gasteiger partial charge in [0.15, 0.2) is 0 Å².